The second-order valence-corrected chi connectivity index (χ2v) is 7.15. The van der Waals surface area contributed by atoms with Crippen LogP contribution in [0.15, 0.2) is 53.1 Å². The molecular weight excluding hydrogens is 352 g/mol. The van der Waals surface area contributed by atoms with Gasteiger partial charge in [0.2, 0.25) is 6.79 Å². The number of ether oxygens (including phenoxy) is 2. The summed E-state index contributed by atoms with van der Waals surface area (Å²) in [6, 6.07) is 14.4. The third-order valence-corrected chi connectivity index (χ3v) is 5.12. The van der Waals surface area contributed by atoms with Crippen LogP contribution in [0, 0.1) is 0 Å². The van der Waals surface area contributed by atoms with Crippen LogP contribution in [-0.2, 0) is 12.0 Å². The summed E-state index contributed by atoms with van der Waals surface area (Å²) in [6.45, 7) is 0.285. The van der Waals surface area contributed by atoms with Crippen molar-refractivity contribution in [3.63, 3.8) is 0 Å². The number of hydrogen-bond donors (Lipinski definition) is 1. The van der Waals surface area contributed by atoms with Crippen molar-refractivity contribution in [2.75, 3.05) is 12.1 Å². The molecule has 0 radical (unpaired) electrons. The van der Waals surface area contributed by atoms with E-state index in [-0.39, 0.29) is 12.3 Å². The summed E-state index contributed by atoms with van der Waals surface area (Å²) >= 11 is 5.93. The van der Waals surface area contributed by atoms with Gasteiger partial charge in [-0.1, -0.05) is 29.8 Å². The number of aromatic nitrogens is 1. The fourth-order valence-corrected chi connectivity index (χ4v) is 3.39. The van der Waals surface area contributed by atoms with E-state index in [1.807, 2.05) is 36.4 Å². The second-order valence-electron chi connectivity index (χ2n) is 6.71. The molecule has 0 saturated heterocycles. The molecule has 0 unspecified atom stereocenters. The number of benzene rings is 2. The zero-order valence-corrected chi connectivity index (χ0v) is 14.8. The number of rotatable bonds is 5. The largest absolute Gasteiger partial charge is 0.454 e. The number of anilines is 1. The summed E-state index contributed by atoms with van der Waals surface area (Å²) in [5.41, 5.74) is 2.16. The van der Waals surface area contributed by atoms with E-state index in [9.17, 15) is 0 Å². The van der Waals surface area contributed by atoms with Crippen molar-refractivity contribution in [3.05, 3.63) is 70.6 Å². The lowest BCUT2D eigenvalue weighted by atomic mass is 10.0. The summed E-state index contributed by atoms with van der Waals surface area (Å²) in [5.74, 6) is 2.41. The topological polar surface area (TPSA) is 56.5 Å². The molecule has 5 nitrogen and oxygen atoms in total. The molecule has 0 spiro atoms. The van der Waals surface area contributed by atoms with Gasteiger partial charge in [-0.2, -0.15) is 0 Å². The van der Waals surface area contributed by atoms with Crippen LogP contribution in [-0.4, -0.2) is 11.8 Å². The molecule has 0 amide bonds. The third kappa shape index (κ3) is 2.88. The van der Waals surface area contributed by atoms with Crippen LogP contribution in [0.25, 0.3) is 0 Å². The Bertz CT molecular complexity index is 948. The molecule has 132 valence electrons. The second kappa shape index (κ2) is 5.95. The SMILES string of the molecule is Clc1ccc(Cc2cnc(NC3(c4ccc5c(c4)OCO5)CC3)o2)cc1. The predicted octanol–water partition coefficient (Wildman–Crippen LogP) is 4.75. The summed E-state index contributed by atoms with van der Waals surface area (Å²) in [6.07, 6.45) is 4.51. The Hall–Kier alpha value is -2.66. The lowest BCUT2D eigenvalue weighted by Crippen LogP contribution is -2.18. The molecule has 26 heavy (non-hydrogen) atoms. The molecule has 2 heterocycles. The zero-order valence-electron chi connectivity index (χ0n) is 14.0. The van der Waals surface area contributed by atoms with Gasteiger partial charge in [-0.25, -0.2) is 4.98 Å². The summed E-state index contributed by atoms with van der Waals surface area (Å²) in [5, 5.41) is 4.19. The molecular formula is C20H17ClN2O3. The highest BCUT2D eigenvalue weighted by Gasteiger charge is 2.46. The third-order valence-electron chi connectivity index (χ3n) is 4.87. The Morgan fingerprint density at radius 3 is 2.65 bits per heavy atom. The maximum atomic E-state index is 5.93. The molecule has 2 aliphatic rings. The van der Waals surface area contributed by atoms with Crippen LogP contribution in [0.3, 0.4) is 0 Å². The number of oxazole rings is 1. The van der Waals surface area contributed by atoms with Crippen molar-refractivity contribution in [2.45, 2.75) is 24.8 Å². The van der Waals surface area contributed by atoms with Gasteiger partial charge in [0.05, 0.1) is 11.7 Å². The molecule has 0 atom stereocenters. The molecule has 5 rings (SSSR count). The first-order chi connectivity index (χ1) is 12.7. The van der Waals surface area contributed by atoms with Crippen molar-refractivity contribution in [1.82, 2.24) is 4.98 Å². The summed E-state index contributed by atoms with van der Waals surface area (Å²) < 4.78 is 16.8. The lowest BCUT2D eigenvalue weighted by molar-refractivity contribution is 0.174. The zero-order chi connectivity index (χ0) is 17.6. The number of halogens is 1. The maximum absolute atomic E-state index is 5.93. The number of nitrogens with one attached hydrogen (secondary N) is 1. The van der Waals surface area contributed by atoms with Gasteiger partial charge in [0.1, 0.15) is 5.76 Å². The molecule has 0 bridgehead atoms. The first-order valence-corrected chi connectivity index (χ1v) is 8.95. The van der Waals surface area contributed by atoms with E-state index in [0.29, 0.717) is 12.4 Å². The molecule has 1 saturated carbocycles. The van der Waals surface area contributed by atoms with Gasteiger partial charge >= 0.3 is 0 Å². The quantitative estimate of drug-likeness (QED) is 0.704. The van der Waals surface area contributed by atoms with E-state index in [1.54, 1.807) is 6.20 Å². The van der Waals surface area contributed by atoms with E-state index < -0.39 is 0 Å². The molecule has 1 aromatic heterocycles. The van der Waals surface area contributed by atoms with E-state index in [1.165, 1.54) is 5.56 Å². The van der Waals surface area contributed by atoms with Crippen molar-refractivity contribution in [1.29, 1.82) is 0 Å². The Kier molecular flexibility index (Phi) is 3.57. The van der Waals surface area contributed by atoms with Crippen LogP contribution in [0.1, 0.15) is 29.7 Å². The van der Waals surface area contributed by atoms with Crippen molar-refractivity contribution >= 4 is 17.6 Å². The van der Waals surface area contributed by atoms with E-state index in [2.05, 4.69) is 16.4 Å². The molecule has 1 aliphatic carbocycles. The first-order valence-electron chi connectivity index (χ1n) is 8.58. The molecule has 6 heteroatoms. The van der Waals surface area contributed by atoms with Crippen LogP contribution in [0.4, 0.5) is 6.01 Å². The van der Waals surface area contributed by atoms with Crippen molar-refractivity contribution in [2.24, 2.45) is 0 Å². The minimum atomic E-state index is -0.136. The highest BCUT2D eigenvalue weighted by Crippen LogP contribution is 2.50. The Morgan fingerprint density at radius 2 is 1.85 bits per heavy atom. The average molecular weight is 369 g/mol. The average Bonchev–Trinajstić information content (AvgIpc) is 3.07. The molecule has 1 N–H and O–H groups in total. The minimum Gasteiger partial charge on any atom is -0.454 e. The van der Waals surface area contributed by atoms with Gasteiger partial charge in [0, 0.05) is 11.4 Å². The minimum absolute atomic E-state index is 0.136. The van der Waals surface area contributed by atoms with Crippen LogP contribution >= 0.6 is 11.6 Å². The number of nitrogens with zero attached hydrogens (tertiary/aromatic N) is 1. The highest BCUT2D eigenvalue weighted by molar-refractivity contribution is 6.30. The van der Waals surface area contributed by atoms with Crippen molar-refractivity contribution in [3.8, 4) is 11.5 Å². The van der Waals surface area contributed by atoms with Gasteiger partial charge in [-0.15, -0.1) is 0 Å². The highest BCUT2D eigenvalue weighted by atomic mass is 35.5. The van der Waals surface area contributed by atoms with Gasteiger partial charge < -0.3 is 19.2 Å². The Morgan fingerprint density at radius 1 is 1.04 bits per heavy atom. The summed E-state index contributed by atoms with van der Waals surface area (Å²) in [4.78, 5) is 4.39. The maximum Gasteiger partial charge on any atom is 0.295 e. The van der Waals surface area contributed by atoms with Crippen molar-refractivity contribution < 1.29 is 13.9 Å². The monoisotopic (exact) mass is 368 g/mol. The summed E-state index contributed by atoms with van der Waals surface area (Å²) in [7, 11) is 0. The van der Waals surface area contributed by atoms with Gasteiger partial charge in [0.15, 0.2) is 11.5 Å². The van der Waals surface area contributed by atoms with Gasteiger partial charge in [-0.05, 0) is 48.2 Å². The van der Waals surface area contributed by atoms with Crippen LogP contribution < -0.4 is 14.8 Å². The van der Waals surface area contributed by atoms with Gasteiger partial charge in [0.25, 0.3) is 6.01 Å². The van der Waals surface area contributed by atoms with Crippen LogP contribution in [0.2, 0.25) is 5.02 Å². The fourth-order valence-electron chi connectivity index (χ4n) is 3.26. The van der Waals surface area contributed by atoms with E-state index in [0.717, 1.165) is 40.7 Å². The predicted molar refractivity (Wildman–Crippen MR) is 97.9 cm³/mol. The molecule has 1 fully saturated rings. The fraction of sp³-hybridized carbons (Fsp3) is 0.250. The molecule has 2 aromatic carbocycles. The van der Waals surface area contributed by atoms with E-state index in [4.69, 9.17) is 25.5 Å². The Balaban J connectivity index is 1.32. The lowest BCUT2D eigenvalue weighted by Gasteiger charge is -2.16. The number of hydrogen-bond acceptors (Lipinski definition) is 5. The van der Waals surface area contributed by atoms with Gasteiger partial charge in [-0.3, -0.25) is 0 Å². The Labute approximate surface area is 155 Å². The normalized spacial score (nSPS) is 16.5. The standard InChI is InChI=1S/C20H17ClN2O3/c21-15-4-1-13(2-5-15)9-16-11-22-19(26-16)23-20(7-8-20)14-3-6-17-18(10-14)25-12-24-17/h1-6,10-11H,7-9,12H2,(H,22,23). The number of fused-ring (bicyclic) bond motifs is 1. The van der Waals surface area contributed by atoms with E-state index >= 15 is 0 Å². The molecule has 3 aromatic rings. The smallest absolute Gasteiger partial charge is 0.295 e. The van der Waals surface area contributed by atoms with Crippen LogP contribution in [0.5, 0.6) is 11.5 Å². The first kappa shape index (κ1) is 15.6. The molecule has 1 aliphatic heterocycles.